The molecule has 0 fully saturated rings. The van der Waals surface area contributed by atoms with E-state index in [0.717, 1.165) is 30.8 Å². The molecule has 1 aromatic rings. The predicted molar refractivity (Wildman–Crippen MR) is 65.0 cm³/mol. The summed E-state index contributed by atoms with van der Waals surface area (Å²) in [6.45, 7) is 3.74. The highest BCUT2D eigenvalue weighted by molar-refractivity contribution is 5.56. The summed E-state index contributed by atoms with van der Waals surface area (Å²) in [4.78, 5) is 2.23. The summed E-state index contributed by atoms with van der Waals surface area (Å²) in [5.74, 6) is -0.219. The van der Waals surface area contributed by atoms with Gasteiger partial charge in [0.05, 0.1) is 0 Å². The first-order valence-corrected chi connectivity index (χ1v) is 5.63. The molecule has 0 unspecified atom stereocenters. The molecule has 3 heteroatoms. The number of nitrogens with zero attached hydrogens (tertiary/aromatic N) is 1. The van der Waals surface area contributed by atoms with Gasteiger partial charge in [-0.25, -0.2) is 4.39 Å². The molecule has 0 bridgehead atoms. The van der Waals surface area contributed by atoms with Crippen LogP contribution in [0, 0.1) is 5.82 Å². The summed E-state index contributed by atoms with van der Waals surface area (Å²) in [5, 5.41) is 0. The van der Waals surface area contributed by atoms with Crippen LogP contribution in [0.15, 0.2) is 30.4 Å². The second-order valence-electron chi connectivity index (χ2n) is 4.20. The fraction of sp³-hybridized carbons (Fsp3) is 0.385. The van der Waals surface area contributed by atoms with Crippen molar-refractivity contribution >= 4 is 5.69 Å². The third kappa shape index (κ3) is 2.25. The van der Waals surface area contributed by atoms with E-state index in [0.29, 0.717) is 0 Å². The van der Waals surface area contributed by atoms with Crippen LogP contribution >= 0.6 is 0 Å². The lowest BCUT2D eigenvalue weighted by molar-refractivity contribution is 0.621. The summed E-state index contributed by atoms with van der Waals surface area (Å²) >= 11 is 0. The first-order valence-electron chi connectivity index (χ1n) is 5.63. The van der Waals surface area contributed by atoms with E-state index in [1.54, 1.807) is 6.07 Å². The third-order valence-electron chi connectivity index (χ3n) is 2.88. The van der Waals surface area contributed by atoms with Gasteiger partial charge in [0.25, 0.3) is 0 Å². The zero-order valence-corrected chi connectivity index (χ0v) is 9.49. The maximum atomic E-state index is 13.2. The Balaban J connectivity index is 2.35. The fourth-order valence-electron chi connectivity index (χ4n) is 2.04. The molecule has 0 amide bonds. The molecule has 0 radical (unpaired) electrons. The van der Waals surface area contributed by atoms with Gasteiger partial charge in [0.1, 0.15) is 5.82 Å². The largest absolute Gasteiger partial charge is 0.367 e. The average Bonchev–Trinajstić information content (AvgIpc) is 2.30. The second kappa shape index (κ2) is 4.66. The highest BCUT2D eigenvalue weighted by Crippen LogP contribution is 2.27. The number of hydrogen-bond donors (Lipinski definition) is 1. The molecule has 2 nitrogen and oxygen atoms in total. The zero-order valence-electron chi connectivity index (χ0n) is 9.49. The predicted octanol–water partition coefficient (Wildman–Crippen LogP) is 2.61. The molecular formula is C13H17FN2. The summed E-state index contributed by atoms with van der Waals surface area (Å²) in [6, 6.07) is 4.72. The maximum Gasteiger partial charge on any atom is 0.123 e. The van der Waals surface area contributed by atoms with Crippen molar-refractivity contribution in [1.29, 1.82) is 0 Å². The van der Waals surface area contributed by atoms with E-state index < -0.39 is 0 Å². The van der Waals surface area contributed by atoms with Gasteiger partial charge in [-0.1, -0.05) is 12.2 Å². The molecular weight excluding hydrogens is 203 g/mol. The molecule has 86 valence electrons. The number of rotatable bonds is 2. The molecule has 1 aromatic carbocycles. The van der Waals surface area contributed by atoms with Crippen LogP contribution in [-0.2, 0) is 0 Å². The average molecular weight is 220 g/mol. The molecule has 0 saturated carbocycles. The Hall–Kier alpha value is -1.35. The number of anilines is 1. The van der Waals surface area contributed by atoms with Crippen LogP contribution in [0.5, 0.6) is 0 Å². The summed E-state index contributed by atoms with van der Waals surface area (Å²) in [5.41, 5.74) is 7.82. The molecule has 16 heavy (non-hydrogen) atoms. The van der Waals surface area contributed by atoms with Crippen molar-refractivity contribution in [1.82, 2.24) is 0 Å². The minimum Gasteiger partial charge on any atom is -0.367 e. The van der Waals surface area contributed by atoms with Gasteiger partial charge >= 0.3 is 0 Å². The SMILES string of the molecule is C[C@H](N)c1cc(F)ccc1N1CC=CCC1. The molecule has 0 saturated heterocycles. The topological polar surface area (TPSA) is 29.3 Å². The lowest BCUT2D eigenvalue weighted by Gasteiger charge is -2.28. The summed E-state index contributed by atoms with van der Waals surface area (Å²) in [6.07, 6.45) is 5.35. The molecule has 0 aliphatic carbocycles. The molecule has 1 aliphatic rings. The van der Waals surface area contributed by atoms with E-state index in [-0.39, 0.29) is 11.9 Å². The van der Waals surface area contributed by atoms with Crippen LogP contribution in [0.1, 0.15) is 24.9 Å². The number of hydrogen-bond acceptors (Lipinski definition) is 2. The molecule has 0 spiro atoms. The normalized spacial score (nSPS) is 17.6. The van der Waals surface area contributed by atoms with Gasteiger partial charge in [0.15, 0.2) is 0 Å². The van der Waals surface area contributed by atoms with E-state index in [9.17, 15) is 4.39 Å². The Morgan fingerprint density at radius 3 is 2.81 bits per heavy atom. The highest BCUT2D eigenvalue weighted by atomic mass is 19.1. The number of benzene rings is 1. The summed E-state index contributed by atoms with van der Waals surface area (Å²) in [7, 11) is 0. The van der Waals surface area contributed by atoms with Gasteiger partial charge < -0.3 is 10.6 Å². The van der Waals surface area contributed by atoms with Crippen LogP contribution in [0.2, 0.25) is 0 Å². The minimum atomic E-state index is -0.219. The quantitative estimate of drug-likeness (QED) is 0.776. The smallest absolute Gasteiger partial charge is 0.123 e. The van der Waals surface area contributed by atoms with Crippen LogP contribution in [0.25, 0.3) is 0 Å². The first-order chi connectivity index (χ1) is 7.68. The highest BCUT2D eigenvalue weighted by Gasteiger charge is 2.14. The van der Waals surface area contributed by atoms with E-state index in [4.69, 9.17) is 5.73 Å². The standard InChI is InChI=1S/C13H17FN2/c1-10(15)12-9-11(14)5-6-13(12)16-7-3-2-4-8-16/h2-3,5-6,9-10H,4,7-8,15H2,1H3/t10-/m0/s1. The minimum absolute atomic E-state index is 0.142. The van der Waals surface area contributed by atoms with Crippen LogP contribution in [-0.4, -0.2) is 13.1 Å². The van der Waals surface area contributed by atoms with Crippen LogP contribution < -0.4 is 10.6 Å². The van der Waals surface area contributed by atoms with Crippen LogP contribution in [0.4, 0.5) is 10.1 Å². The van der Waals surface area contributed by atoms with E-state index in [2.05, 4.69) is 17.1 Å². The Morgan fingerprint density at radius 1 is 1.38 bits per heavy atom. The lowest BCUT2D eigenvalue weighted by Crippen LogP contribution is -2.28. The van der Waals surface area contributed by atoms with Crippen molar-refractivity contribution in [2.75, 3.05) is 18.0 Å². The van der Waals surface area contributed by atoms with Gasteiger partial charge in [-0.05, 0) is 37.1 Å². The number of halogens is 1. The summed E-state index contributed by atoms with van der Waals surface area (Å²) < 4.78 is 13.2. The fourth-order valence-corrected chi connectivity index (χ4v) is 2.04. The Labute approximate surface area is 95.6 Å². The Bertz CT molecular complexity index is 399. The van der Waals surface area contributed by atoms with Crippen molar-refractivity contribution in [2.24, 2.45) is 5.73 Å². The van der Waals surface area contributed by atoms with Gasteiger partial charge in [-0.15, -0.1) is 0 Å². The zero-order chi connectivity index (χ0) is 11.5. The Morgan fingerprint density at radius 2 is 2.19 bits per heavy atom. The van der Waals surface area contributed by atoms with E-state index in [1.165, 1.54) is 6.07 Å². The second-order valence-corrected chi connectivity index (χ2v) is 4.20. The molecule has 2 N–H and O–H groups in total. The van der Waals surface area contributed by atoms with Crippen molar-refractivity contribution in [2.45, 2.75) is 19.4 Å². The maximum absolute atomic E-state index is 13.2. The van der Waals surface area contributed by atoms with Crippen LogP contribution in [0.3, 0.4) is 0 Å². The molecule has 2 rings (SSSR count). The molecule has 1 aliphatic heterocycles. The Kier molecular flexibility index (Phi) is 3.25. The lowest BCUT2D eigenvalue weighted by atomic mass is 10.0. The van der Waals surface area contributed by atoms with Crippen molar-refractivity contribution in [3.63, 3.8) is 0 Å². The van der Waals surface area contributed by atoms with E-state index >= 15 is 0 Å². The van der Waals surface area contributed by atoms with Gasteiger partial charge in [-0.2, -0.15) is 0 Å². The van der Waals surface area contributed by atoms with Crippen molar-refractivity contribution in [3.05, 3.63) is 41.7 Å². The third-order valence-corrected chi connectivity index (χ3v) is 2.88. The van der Waals surface area contributed by atoms with Crippen molar-refractivity contribution < 1.29 is 4.39 Å². The van der Waals surface area contributed by atoms with Crippen molar-refractivity contribution in [3.8, 4) is 0 Å². The first kappa shape index (κ1) is 11.1. The molecule has 1 atom stereocenters. The van der Waals surface area contributed by atoms with E-state index in [1.807, 2.05) is 13.0 Å². The van der Waals surface area contributed by atoms with Gasteiger partial charge in [-0.3, -0.25) is 0 Å². The molecule has 0 aromatic heterocycles. The number of nitrogens with two attached hydrogens (primary N) is 1. The van der Waals surface area contributed by atoms with Gasteiger partial charge in [0, 0.05) is 24.8 Å². The monoisotopic (exact) mass is 220 g/mol. The molecule has 1 heterocycles. The van der Waals surface area contributed by atoms with Gasteiger partial charge in [0.2, 0.25) is 0 Å².